The third kappa shape index (κ3) is 0.948. The van der Waals surface area contributed by atoms with Crippen LogP contribution >= 0.6 is 0 Å². The van der Waals surface area contributed by atoms with Crippen molar-refractivity contribution >= 4 is 5.91 Å². The molecule has 2 heterocycles. The fraction of sp³-hybridized carbons (Fsp3) is 0.875. The second-order valence-electron chi connectivity index (χ2n) is 3.65. The first-order chi connectivity index (χ1) is 5.18. The van der Waals surface area contributed by atoms with Crippen molar-refractivity contribution in [3.63, 3.8) is 0 Å². The van der Waals surface area contributed by atoms with E-state index < -0.39 is 0 Å². The topological polar surface area (TPSA) is 23.6 Å². The maximum absolute atomic E-state index is 11.0. The Balaban J connectivity index is 2.08. The minimum absolute atomic E-state index is 0.241. The number of carbonyl (C=O) groups excluding carboxylic acids is 1. The zero-order valence-corrected chi connectivity index (χ0v) is 7.08. The van der Waals surface area contributed by atoms with Crippen LogP contribution in [0.1, 0.15) is 13.3 Å². The van der Waals surface area contributed by atoms with Crippen LogP contribution in [0.4, 0.5) is 0 Å². The molecule has 2 unspecified atom stereocenters. The smallest absolute Gasteiger partial charge is 0.219 e. The van der Waals surface area contributed by atoms with Gasteiger partial charge in [0.15, 0.2) is 0 Å². The molecule has 2 saturated heterocycles. The van der Waals surface area contributed by atoms with Crippen LogP contribution in [0.2, 0.25) is 0 Å². The van der Waals surface area contributed by atoms with Gasteiger partial charge in [0.05, 0.1) is 0 Å². The molecule has 2 aliphatic rings. The second kappa shape index (κ2) is 2.21. The van der Waals surface area contributed by atoms with E-state index in [-0.39, 0.29) is 5.91 Å². The van der Waals surface area contributed by atoms with Crippen LogP contribution < -0.4 is 0 Å². The molecule has 2 bridgehead atoms. The van der Waals surface area contributed by atoms with Gasteiger partial charge >= 0.3 is 0 Å². The predicted octanol–water partition coefficient (Wildman–Crippen LogP) is -0.0788. The van der Waals surface area contributed by atoms with Crippen molar-refractivity contribution in [2.75, 3.05) is 20.1 Å². The Bertz CT molecular complexity index is 191. The molecule has 3 heteroatoms. The Morgan fingerprint density at radius 3 is 2.45 bits per heavy atom. The summed E-state index contributed by atoms with van der Waals surface area (Å²) in [6.45, 7) is 3.70. The summed E-state index contributed by atoms with van der Waals surface area (Å²) in [4.78, 5) is 15.4. The highest BCUT2D eigenvalue weighted by molar-refractivity contribution is 5.74. The summed E-state index contributed by atoms with van der Waals surface area (Å²) >= 11 is 0. The van der Waals surface area contributed by atoms with Gasteiger partial charge in [-0.05, 0) is 13.5 Å². The van der Waals surface area contributed by atoms with Crippen molar-refractivity contribution in [2.24, 2.45) is 0 Å². The Hall–Kier alpha value is -0.570. The maximum Gasteiger partial charge on any atom is 0.219 e. The minimum atomic E-state index is 0.241. The lowest BCUT2D eigenvalue weighted by Crippen LogP contribution is -2.46. The van der Waals surface area contributed by atoms with Gasteiger partial charge in [-0.2, -0.15) is 0 Å². The molecule has 1 amide bonds. The summed E-state index contributed by atoms with van der Waals surface area (Å²) in [7, 11) is 2.14. The van der Waals surface area contributed by atoms with E-state index in [0.717, 1.165) is 13.1 Å². The van der Waals surface area contributed by atoms with Crippen LogP contribution in [0.15, 0.2) is 0 Å². The molecule has 0 radical (unpaired) electrons. The average Bonchev–Trinajstić information content (AvgIpc) is 2.43. The first-order valence-electron chi connectivity index (χ1n) is 4.16. The van der Waals surface area contributed by atoms with Crippen LogP contribution in [0.5, 0.6) is 0 Å². The summed E-state index contributed by atoms with van der Waals surface area (Å²) in [5.74, 6) is 0.241. The summed E-state index contributed by atoms with van der Waals surface area (Å²) in [6.07, 6.45) is 1.19. The summed E-state index contributed by atoms with van der Waals surface area (Å²) < 4.78 is 0. The first-order valence-corrected chi connectivity index (χ1v) is 4.16. The lowest BCUT2D eigenvalue weighted by molar-refractivity contribution is -0.130. The monoisotopic (exact) mass is 154 g/mol. The molecule has 62 valence electrons. The number of fused-ring (bicyclic) bond motifs is 2. The minimum Gasteiger partial charge on any atom is -0.337 e. The van der Waals surface area contributed by atoms with Gasteiger partial charge in [-0.15, -0.1) is 0 Å². The quantitative estimate of drug-likeness (QED) is 0.487. The number of rotatable bonds is 0. The van der Waals surface area contributed by atoms with E-state index in [2.05, 4.69) is 11.9 Å². The van der Waals surface area contributed by atoms with E-state index in [1.54, 1.807) is 6.92 Å². The van der Waals surface area contributed by atoms with Gasteiger partial charge in [0.1, 0.15) is 0 Å². The molecule has 0 aromatic rings. The van der Waals surface area contributed by atoms with Crippen molar-refractivity contribution in [2.45, 2.75) is 25.4 Å². The fourth-order valence-corrected chi connectivity index (χ4v) is 2.25. The Morgan fingerprint density at radius 1 is 1.36 bits per heavy atom. The normalized spacial score (nSPS) is 36.7. The van der Waals surface area contributed by atoms with E-state index in [1.165, 1.54) is 6.42 Å². The third-order valence-electron chi connectivity index (χ3n) is 2.92. The largest absolute Gasteiger partial charge is 0.337 e. The standard InChI is InChI=1S/C8H14N2O/c1-6(11)10-5-7-3-8(10)4-9(7)2/h7-8H,3-5H2,1-2H3. The maximum atomic E-state index is 11.0. The molecular formula is C8H14N2O. The number of amides is 1. The zero-order valence-electron chi connectivity index (χ0n) is 7.08. The second-order valence-corrected chi connectivity index (χ2v) is 3.65. The highest BCUT2D eigenvalue weighted by Gasteiger charge is 2.42. The molecule has 2 aliphatic heterocycles. The zero-order chi connectivity index (χ0) is 8.01. The van der Waals surface area contributed by atoms with Gasteiger partial charge in [-0.25, -0.2) is 0 Å². The molecule has 0 aromatic heterocycles. The van der Waals surface area contributed by atoms with Crippen LogP contribution in [0, 0.1) is 0 Å². The van der Waals surface area contributed by atoms with E-state index in [9.17, 15) is 4.79 Å². The lowest BCUT2D eigenvalue weighted by atomic mass is 10.2. The van der Waals surface area contributed by atoms with Crippen molar-refractivity contribution in [1.82, 2.24) is 9.80 Å². The number of likely N-dealkylation sites (N-methyl/N-ethyl adjacent to an activating group) is 1. The molecule has 0 aliphatic carbocycles. The van der Waals surface area contributed by atoms with Crippen LogP contribution in [0.3, 0.4) is 0 Å². The van der Waals surface area contributed by atoms with Gasteiger partial charge in [-0.3, -0.25) is 9.69 Å². The Morgan fingerprint density at radius 2 is 2.09 bits per heavy atom. The Labute approximate surface area is 67.0 Å². The number of piperazine rings is 1. The molecule has 0 N–H and O–H groups in total. The highest BCUT2D eigenvalue weighted by atomic mass is 16.2. The molecule has 0 spiro atoms. The number of likely N-dealkylation sites (tertiary alicyclic amines) is 2. The number of carbonyl (C=O) groups is 1. The number of hydrogen-bond donors (Lipinski definition) is 0. The van der Waals surface area contributed by atoms with Gasteiger partial charge in [0.2, 0.25) is 5.91 Å². The van der Waals surface area contributed by atoms with Gasteiger partial charge in [0, 0.05) is 32.1 Å². The predicted molar refractivity (Wildman–Crippen MR) is 42.2 cm³/mol. The van der Waals surface area contributed by atoms with E-state index in [0.29, 0.717) is 12.1 Å². The average molecular weight is 154 g/mol. The summed E-state index contributed by atoms with van der Waals surface area (Å²) in [5.41, 5.74) is 0. The molecule has 2 fully saturated rings. The summed E-state index contributed by atoms with van der Waals surface area (Å²) in [6, 6.07) is 1.16. The van der Waals surface area contributed by atoms with E-state index in [4.69, 9.17) is 0 Å². The van der Waals surface area contributed by atoms with Gasteiger partial charge < -0.3 is 4.90 Å². The fourth-order valence-electron chi connectivity index (χ4n) is 2.25. The molecule has 0 saturated carbocycles. The molecular weight excluding hydrogens is 140 g/mol. The summed E-state index contributed by atoms with van der Waals surface area (Å²) in [5, 5.41) is 0. The van der Waals surface area contributed by atoms with Crippen molar-refractivity contribution < 1.29 is 4.79 Å². The first kappa shape index (κ1) is 7.10. The lowest BCUT2D eigenvalue weighted by Gasteiger charge is -2.31. The number of nitrogens with zero attached hydrogens (tertiary/aromatic N) is 2. The number of hydrogen-bond acceptors (Lipinski definition) is 2. The van der Waals surface area contributed by atoms with Crippen LogP contribution in [0.25, 0.3) is 0 Å². The third-order valence-corrected chi connectivity index (χ3v) is 2.92. The molecule has 0 aromatic carbocycles. The van der Waals surface area contributed by atoms with E-state index in [1.807, 2.05) is 4.90 Å². The van der Waals surface area contributed by atoms with Gasteiger partial charge in [0.25, 0.3) is 0 Å². The highest BCUT2D eigenvalue weighted by Crippen LogP contribution is 2.28. The Kier molecular flexibility index (Phi) is 1.42. The van der Waals surface area contributed by atoms with Crippen molar-refractivity contribution in [3.8, 4) is 0 Å². The van der Waals surface area contributed by atoms with Crippen LogP contribution in [-0.2, 0) is 4.79 Å². The van der Waals surface area contributed by atoms with E-state index >= 15 is 0 Å². The SMILES string of the molecule is CC(=O)N1CC2CC1CN2C. The van der Waals surface area contributed by atoms with Crippen molar-refractivity contribution in [1.29, 1.82) is 0 Å². The molecule has 2 atom stereocenters. The van der Waals surface area contributed by atoms with Crippen LogP contribution in [-0.4, -0.2) is 47.9 Å². The van der Waals surface area contributed by atoms with Gasteiger partial charge in [-0.1, -0.05) is 0 Å². The molecule has 3 nitrogen and oxygen atoms in total. The molecule has 2 rings (SSSR count). The van der Waals surface area contributed by atoms with Crippen molar-refractivity contribution in [3.05, 3.63) is 0 Å². The molecule has 11 heavy (non-hydrogen) atoms.